The normalized spacial score (nSPS) is 22.1. The first-order valence-corrected chi connectivity index (χ1v) is 15.0. The molecule has 2 heterocycles. The number of rotatable bonds is 16. The molecule has 2 aliphatic rings. The Labute approximate surface area is 228 Å². The van der Waals surface area contributed by atoms with Gasteiger partial charge in [-0.2, -0.15) is 0 Å². The van der Waals surface area contributed by atoms with Gasteiger partial charge in [0.15, 0.2) is 0 Å². The molecule has 37 heavy (non-hydrogen) atoms. The Kier molecular flexibility index (Phi) is 11.5. The lowest BCUT2D eigenvalue weighted by atomic mass is 9.50. The number of likely N-dealkylation sites (tertiary alicyclic amines) is 1. The molecule has 0 aromatic rings. The minimum Gasteiger partial charge on any atom is -0.362 e. The van der Waals surface area contributed by atoms with E-state index in [4.69, 9.17) is 4.74 Å². The molecule has 2 aliphatic heterocycles. The fourth-order valence-corrected chi connectivity index (χ4v) is 6.23. The summed E-state index contributed by atoms with van der Waals surface area (Å²) in [5.74, 6) is 0.252. The molecule has 5 heteroatoms. The predicted octanol–water partition coefficient (Wildman–Crippen LogP) is 7.45. The summed E-state index contributed by atoms with van der Waals surface area (Å²) in [7, 11) is 0. The summed E-state index contributed by atoms with van der Waals surface area (Å²) in [4.78, 5) is 29.9. The lowest BCUT2D eigenvalue weighted by Gasteiger charge is -2.55. The first kappa shape index (κ1) is 32.0. The maximum absolute atomic E-state index is 13.2. The molecule has 5 nitrogen and oxygen atoms in total. The van der Waals surface area contributed by atoms with Crippen molar-refractivity contribution in [3.8, 4) is 0 Å². The first-order valence-electron chi connectivity index (χ1n) is 15.0. The van der Waals surface area contributed by atoms with Crippen LogP contribution in [0.1, 0.15) is 120 Å². The van der Waals surface area contributed by atoms with E-state index in [1.807, 2.05) is 0 Å². The van der Waals surface area contributed by atoms with E-state index in [0.717, 1.165) is 31.6 Å². The van der Waals surface area contributed by atoms with Crippen LogP contribution in [0.25, 0.3) is 0 Å². The smallest absolute Gasteiger partial charge is 0.233 e. The van der Waals surface area contributed by atoms with Crippen molar-refractivity contribution in [3.63, 3.8) is 0 Å². The number of nitrogens with zero attached hydrogens (tertiary/aromatic N) is 2. The van der Waals surface area contributed by atoms with Gasteiger partial charge in [-0.15, -0.1) is 0 Å². The van der Waals surface area contributed by atoms with Gasteiger partial charge in [0.05, 0.1) is 12.5 Å². The Balaban J connectivity index is 1.89. The summed E-state index contributed by atoms with van der Waals surface area (Å²) in [5.41, 5.74) is 1.33. The van der Waals surface area contributed by atoms with E-state index in [1.54, 1.807) is 0 Å². The van der Waals surface area contributed by atoms with E-state index in [1.165, 1.54) is 37.0 Å². The minimum absolute atomic E-state index is 0.0121. The van der Waals surface area contributed by atoms with Gasteiger partial charge in [-0.05, 0) is 47.8 Å². The number of imide groups is 1. The SMILES string of the molecule is C=C(CC1CC(=O)N(CCN2CCOC2CCCCCCC)C1=O)CC(C)(C)C(C)(C)C(C)(C)C(C)C. The molecule has 0 saturated carbocycles. The van der Waals surface area contributed by atoms with Crippen molar-refractivity contribution in [3.05, 3.63) is 12.2 Å². The molecule has 2 amide bonds. The molecular formula is C32H58N2O3. The minimum atomic E-state index is -0.263. The number of ether oxygens (including phenoxy) is 1. The molecule has 0 bridgehead atoms. The van der Waals surface area contributed by atoms with Crippen molar-refractivity contribution in [2.24, 2.45) is 28.1 Å². The highest BCUT2D eigenvalue weighted by atomic mass is 16.5. The molecule has 2 fully saturated rings. The number of carbonyl (C=O) groups excluding carboxylic acids is 2. The highest BCUT2D eigenvalue weighted by Crippen LogP contribution is 2.57. The first-order chi connectivity index (χ1) is 17.2. The molecule has 2 atom stereocenters. The van der Waals surface area contributed by atoms with Crippen LogP contribution in [0.15, 0.2) is 12.2 Å². The van der Waals surface area contributed by atoms with Crippen molar-refractivity contribution < 1.29 is 14.3 Å². The second-order valence-electron chi connectivity index (χ2n) is 13.9. The van der Waals surface area contributed by atoms with Gasteiger partial charge in [0.2, 0.25) is 11.8 Å². The molecule has 0 aromatic carbocycles. The van der Waals surface area contributed by atoms with Crippen LogP contribution in [0.2, 0.25) is 0 Å². The lowest BCUT2D eigenvalue weighted by molar-refractivity contribution is -0.139. The van der Waals surface area contributed by atoms with Gasteiger partial charge in [0, 0.05) is 26.1 Å². The maximum Gasteiger partial charge on any atom is 0.233 e. The third-order valence-corrected chi connectivity index (χ3v) is 10.6. The fourth-order valence-electron chi connectivity index (χ4n) is 6.23. The van der Waals surface area contributed by atoms with Crippen LogP contribution < -0.4 is 0 Å². The number of carbonyl (C=O) groups is 2. The van der Waals surface area contributed by atoms with Gasteiger partial charge >= 0.3 is 0 Å². The Hall–Kier alpha value is -1.20. The van der Waals surface area contributed by atoms with E-state index in [-0.39, 0.29) is 40.2 Å². The maximum atomic E-state index is 13.2. The van der Waals surface area contributed by atoms with Gasteiger partial charge in [-0.1, -0.05) is 100 Å². The topological polar surface area (TPSA) is 49.9 Å². The molecule has 0 spiro atoms. The highest BCUT2D eigenvalue weighted by molar-refractivity contribution is 6.03. The molecule has 0 aliphatic carbocycles. The van der Waals surface area contributed by atoms with Crippen molar-refractivity contribution in [1.29, 1.82) is 0 Å². The Bertz CT molecular complexity index is 783. The second-order valence-corrected chi connectivity index (χ2v) is 13.9. The molecule has 0 N–H and O–H groups in total. The quantitative estimate of drug-likeness (QED) is 0.121. The largest absolute Gasteiger partial charge is 0.362 e. The molecule has 2 saturated heterocycles. The van der Waals surface area contributed by atoms with Gasteiger partial charge in [-0.25, -0.2) is 0 Å². The highest BCUT2D eigenvalue weighted by Gasteiger charge is 2.49. The number of unbranched alkanes of at least 4 members (excludes halogenated alkanes) is 4. The monoisotopic (exact) mass is 518 g/mol. The van der Waals surface area contributed by atoms with Crippen LogP contribution in [0.4, 0.5) is 0 Å². The number of allylic oxidation sites excluding steroid dienone is 1. The van der Waals surface area contributed by atoms with E-state index in [2.05, 4.69) is 73.8 Å². The molecule has 2 unspecified atom stereocenters. The van der Waals surface area contributed by atoms with E-state index < -0.39 is 0 Å². The predicted molar refractivity (Wildman–Crippen MR) is 154 cm³/mol. The molecule has 0 aromatic heterocycles. The van der Waals surface area contributed by atoms with Crippen molar-refractivity contribution in [2.45, 2.75) is 126 Å². The van der Waals surface area contributed by atoms with Crippen LogP contribution in [0.3, 0.4) is 0 Å². The Morgan fingerprint density at radius 3 is 2.30 bits per heavy atom. The van der Waals surface area contributed by atoms with Crippen LogP contribution in [-0.4, -0.2) is 54.1 Å². The second kappa shape index (κ2) is 13.2. The van der Waals surface area contributed by atoms with Crippen molar-refractivity contribution in [1.82, 2.24) is 9.80 Å². The van der Waals surface area contributed by atoms with Crippen LogP contribution in [0, 0.1) is 28.1 Å². The summed E-state index contributed by atoms with van der Waals surface area (Å²) in [6.07, 6.45) is 9.21. The molecule has 0 radical (unpaired) electrons. The zero-order valence-corrected chi connectivity index (χ0v) is 25.8. The van der Waals surface area contributed by atoms with E-state index in [0.29, 0.717) is 31.8 Å². The Morgan fingerprint density at radius 2 is 1.68 bits per heavy atom. The fraction of sp³-hybridized carbons (Fsp3) is 0.875. The van der Waals surface area contributed by atoms with E-state index >= 15 is 0 Å². The summed E-state index contributed by atoms with van der Waals surface area (Å²) < 4.78 is 5.95. The zero-order valence-electron chi connectivity index (χ0n) is 25.8. The van der Waals surface area contributed by atoms with Crippen LogP contribution in [0.5, 0.6) is 0 Å². The standard InChI is InChI=1S/C32H58N2O3/c1-11-12-13-14-15-16-28-33(19-20-37-28)17-18-34-27(35)22-26(29(34)36)21-25(4)23-30(5,6)32(9,10)31(7,8)24(2)3/h24,26,28H,4,11-23H2,1-3,5-10H3. The van der Waals surface area contributed by atoms with Gasteiger partial charge in [0.1, 0.15) is 6.23 Å². The number of amides is 2. The van der Waals surface area contributed by atoms with Gasteiger partial charge in [0.25, 0.3) is 0 Å². The number of hydrogen-bond donors (Lipinski definition) is 0. The Morgan fingerprint density at radius 1 is 1.03 bits per heavy atom. The summed E-state index contributed by atoms with van der Waals surface area (Å²) in [6.45, 7) is 28.1. The average molecular weight is 519 g/mol. The third-order valence-electron chi connectivity index (χ3n) is 10.6. The zero-order chi connectivity index (χ0) is 28.0. The summed E-state index contributed by atoms with van der Waals surface area (Å²) in [6, 6.07) is 0. The van der Waals surface area contributed by atoms with Crippen molar-refractivity contribution >= 4 is 11.8 Å². The van der Waals surface area contributed by atoms with Crippen molar-refractivity contribution in [2.75, 3.05) is 26.2 Å². The van der Waals surface area contributed by atoms with Crippen LogP contribution in [-0.2, 0) is 14.3 Å². The van der Waals surface area contributed by atoms with Gasteiger partial charge < -0.3 is 4.74 Å². The third kappa shape index (κ3) is 7.68. The van der Waals surface area contributed by atoms with Crippen LogP contribution >= 0.6 is 0 Å². The molecule has 2 rings (SSSR count). The molecule has 214 valence electrons. The number of hydrogen-bond acceptors (Lipinski definition) is 4. The summed E-state index contributed by atoms with van der Waals surface area (Å²) >= 11 is 0. The summed E-state index contributed by atoms with van der Waals surface area (Å²) in [5, 5.41) is 0. The van der Waals surface area contributed by atoms with Gasteiger partial charge in [-0.3, -0.25) is 19.4 Å². The van der Waals surface area contributed by atoms with E-state index in [9.17, 15) is 9.59 Å². The average Bonchev–Trinajstić information content (AvgIpc) is 3.34. The lowest BCUT2D eigenvalue weighted by Crippen LogP contribution is -2.47. The molecular weight excluding hydrogens is 460 g/mol.